The smallest absolute Gasteiger partial charge is 0.247 e. The molecule has 5 nitrogen and oxygen atoms in total. The topological polar surface area (TPSA) is 54.2 Å². The van der Waals surface area contributed by atoms with Gasteiger partial charge in [-0.15, -0.1) is 10.2 Å². The van der Waals surface area contributed by atoms with Gasteiger partial charge in [-0.1, -0.05) is 15.9 Å². The summed E-state index contributed by atoms with van der Waals surface area (Å²) in [5.74, 6) is 1.20. The zero-order valence-corrected chi connectivity index (χ0v) is 13.5. The number of nitrogens with one attached hydrogen (secondary N) is 1. The number of aromatic nitrogens is 2. The van der Waals surface area contributed by atoms with Crippen molar-refractivity contribution in [2.45, 2.75) is 19.4 Å². The Morgan fingerprint density at radius 3 is 2.67 bits per heavy atom. The summed E-state index contributed by atoms with van der Waals surface area (Å²) in [6, 6.07) is 7.85. The summed E-state index contributed by atoms with van der Waals surface area (Å²) in [5.41, 5.74) is 0.939. The van der Waals surface area contributed by atoms with Gasteiger partial charge in [-0.25, -0.2) is 0 Å². The minimum Gasteiger partial charge on any atom is -0.419 e. The maximum absolute atomic E-state index is 5.67. The Morgan fingerprint density at radius 2 is 1.90 bits per heavy atom. The summed E-state index contributed by atoms with van der Waals surface area (Å²) in [7, 11) is 0. The van der Waals surface area contributed by atoms with Crippen LogP contribution in [-0.2, 0) is 6.54 Å². The van der Waals surface area contributed by atoms with Gasteiger partial charge in [-0.2, -0.15) is 0 Å². The van der Waals surface area contributed by atoms with E-state index in [1.54, 1.807) is 0 Å². The van der Waals surface area contributed by atoms with E-state index in [-0.39, 0.29) is 0 Å². The molecule has 112 valence electrons. The molecule has 6 heteroatoms. The normalized spacial score (nSPS) is 15.7. The maximum Gasteiger partial charge on any atom is 0.247 e. The highest BCUT2D eigenvalue weighted by atomic mass is 79.9. The fraction of sp³-hybridized carbons (Fsp3) is 0.467. The molecular formula is C15H19BrN4O. The number of halogens is 1. The van der Waals surface area contributed by atoms with Gasteiger partial charge in [-0.05, 0) is 50.2 Å². The standard InChI is InChI=1S/C15H19BrN4O/c16-13-5-3-12(4-6-13)15-19-18-14(21-15)11-17-7-10-20-8-1-2-9-20/h3-6,17H,1-2,7-11H2. The Balaban J connectivity index is 1.47. The van der Waals surface area contributed by atoms with E-state index < -0.39 is 0 Å². The molecule has 2 aromatic rings. The molecule has 0 bridgehead atoms. The number of rotatable bonds is 6. The van der Waals surface area contributed by atoms with Crippen LogP contribution in [0.2, 0.25) is 0 Å². The number of nitrogens with zero attached hydrogens (tertiary/aromatic N) is 3. The molecule has 1 aliphatic rings. The Bertz CT molecular complexity index is 563. The molecule has 0 amide bonds. The van der Waals surface area contributed by atoms with E-state index in [1.165, 1.54) is 25.9 Å². The number of hydrogen-bond acceptors (Lipinski definition) is 5. The van der Waals surface area contributed by atoms with Crippen molar-refractivity contribution in [2.24, 2.45) is 0 Å². The molecule has 1 aromatic heterocycles. The van der Waals surface area contributed by atoms with E-state index in [0.717, 1.165) is 23.1 Å². The fourth-order valence-electron chi connectivity index (χ4n) is 2.47. The first kappa shape index (κ1) is 14.7. The highest BCUT2D eigenvalue weighted by molar-refractivity contribution is 9.10. The lowest BCUT2D eigenvalue weighted by Crippen LogP contribution is -2.29. The van der Waals surface area contributed by atoms with Crippen LogP contribution in [0, 0.1) is 0 Å². The van der Waals surface area contributed by atoms with Crippen LogP contribution < -0.4 is 5.32 Å². The molecule has 0 spiro atoms. The highest BCUT2D eigenvalue weighted by Gasteiger charge is 2.11. The molecule has 1 aromatic carbocycles. The molecule has 1 saturated heterocycles. The molecule has 0 atom stereocenters. The van der Waals surface area contributed by atoms with Crippen LogP contribution in [0.4, 0.5) is 0 Å². The van der Waals surface area contributed by atoms with Gasteiger partial charge in [0.05, 0.1) is 6.54 Å². The third-order valence-corrected chi connectivity index (χ3v) is 4.17. The number of benzene rings is 1. The quantitative estimate of drug-likeness (QED) is 0.811. The highest BCUT2D eigenvalue weighted by Crippen LogP contribution is 2.20. The van der Waals surface area contributed by atoms with Crippen LogP contribution >= 0.6 is 15.9 Å². The Labute approximate surface area is 132 Å². The third-order valence-electron chi connectivity index (χ3n) is 3.64. The van der Waals surface area contributed by atoms with Crippen molar-refractivity contribution in [1.82, 2.24) is 20.4 Å². The second-order valence-corrected chi connectivity index (χ2v) is 6.15. The Hall–Kier alpha value is -1.24. The van der Waals surface area contributed by atoms with Crippen molar-refractivity contribution in [3.8, 4) is 11.5 Å². The molecule has 1 fully saturated rings. The van der Waals surface area contributed by atoms with Gasteiger partial charge >= 0.3 is 0 Å². The Kier molecular flexibility index (Phi) is 5.00. The number of likely N-dealkylation sites (tertiary alicyclic amines) is 1. The van der Waals surface area contributed by atoms with Gasteiger partial charge in [-0.3, -0.25) is 0 Å². The van der Waals surface area contributed by atoms with Gasteiger partial charge < -0.3 is 14.6 Å². The molecule has 1 N–H and O–H groups in total. The van der Waals surface area contributed by atoms with Crippen molar-refractivity contribution in [3.05, 3.63) is 34.6 Å². The molecule has 21 heavy (non-hydrogen) atoms. The van der Waals surface area contributed by atoms with E-state index in [0.29, 0.717) is 18.3 Å². The van der Waals surface area contributed by atoms with E-state index >= 15 is 0 Å². The average Bonchev–Trinajstić information content (AvgIpc) is 3.16. The minimum absolute atomic E-state index is 0.568. The van der Waals surface area contributed by atoms with Crippen LogP contribution in [0.3, 0.4) is 0 Å². The maximum atomic E-state index is 5.67. The fourth-order valence-corrected chi connectivity index (χ4v) is 2.74. The predicted octanol–water partition coefficient (Wildman–Crippen LogP) is 2.68. The van der Waals surface area contributed by atoms with Crippen LogP contribution in [0.25, 0.3) is 11.5 Å². The van der Waals surface area contributed by atoms with E-state index in [9.17, 15) is 0 Å². The molecule has 0 aliphatic carbocycles. The van der Waals surface area contributed by atoms with Crippen molar-refractivity contribution in [3.63, 3.8) is 0 Å². The second kappa shape index (κ2) is 7.15. The molecule has 0 unspecified atom stereocenters. The van der Waals surface area contributed by atoms with Crippen LogP contribution in [0.15, 0.2) is 33.2 Å². The summed E-state index contributed by atoms with van der Waals surface area (Å²) in [4.78, 5) is 2.48. The van der Waals surface area contributed by atoms with Crippen molar-refractivity contribution < 1.29 is 4.42 Å². The summed E-state index contributed by atoms with van der Waals surface area (Å²) in [5, 5.41) is 11.5. The molecule has 0 saturated carbocycles. The minimum atomic E-state index is 0.568. The van der Waals surface area contributed by atoms with Crippen LogP contribution in [0.1, 0.15) is 18.7 Å². The molecule has 0 radical (unpaired) electrons. The molecular weight excluding hydrogens is 332 g/mol. The van der Waals surface area contributed by atoms with Gasteiger partial charge in [0.2, 0.25) is 11.8 Å². The van der Waals surface area contributed by atoms with Gasteiger partial charge in [0.1, 0.15) is 0 Å². The SMILES string of the molecule is Brc1ccc(-c2nnc(CNCCN3CCCC3)o2)cc1. The monoisotopic (exact) mass is 350 g/mol. The summed E-state index contributed by atoms with van der Waals surface area (Å²) in [6.07, 6.45) is 2.67. The zero-order valence-electron chi connectivity index (χ0n) is 11.9. The number of hydrogen-bond donors (Lipinski definition) is 1. The van der Waals surface area contributed by atoms with E-state index in [4.69, 9.17) is 4.42 Å². The zero-order chi connectivity index (χ0) is 14.5. The summed E-state index contributed by atoms with van der Waals surface area (Å²) >= 11 is 3.41. The van der Waals surface area contributed by atoms with Crippen molar-refractivity contribution >= 4 is 15.9 Å². The molecule has 1 aliphatic heterocycles. The van der Waals surface area contributed by atoms with E-state index in [1.807, 2.05) is 24.3 Å². The Morgan fingerprint density at radius 1 is 1.14 bits per heavy atom. The lowest BCUT2D eigenvalue weighted by atomic mass is 10.2. The largest absolute Gasteiger partial charge is 0.419 e. The van der Waals surface area contributed by atoms with Crippen molar-refractivity contribution in [1.29, 1.82) is 0 Å². The van der Waals surface area contributed by atoms with Crippen LogP contribution in [0.5, 0.6) is 0 Å². The molecule has 2 heterocycles. The van der Waals surface area contributed by atoms with E-state index in [2.05, 4.69) is 36.3 Å². The average molecular weight is 351 g/mol. The first-order chi connectivity index (χ1) is 10.3. The first-order valence-corrected chi connectivity index (χ1v) is 8.12. The van der Waals surface area contributed by atoms with Gasteiger partial charge in [0.25, 0.3) is 0 Å². The lowest BCUT2D eigenvalue weighted by molar-refractivity contribution is 0.332. The predicted molar refractivity (Wildman–Crippen MR) is 84.8 cm³/mol. The lowest BCUT2D eigenvalue weighted by Gasteiger charge is -2.13. The van der Waals surface area contributed by atoms with Crippen LogP contribution in [-0.4, -0.2) is 41.3 Å². The van der Waals surface area contributed by atoms with Gasteiger partial charge in [0.15, 0.2) is 0 Å². The third kappa shape index (κ3) is 4.12. The second-order valence-electron chi connectivity index (χ2n) is 5.23. The summed E-state index contributed by atoms with van der Waals surface area (Å²) < 4.78 is 6.70. The molecule has 3 rings (SSSR count). The van der Waals surface area contributed by atoms with Crippen molar-refractivity contribution in [2.75, 3.05) is 26.2 Å². The summed E-state index contributed by atoms with van der Waals surface area (Å²) in [6.45, 7) is 5.13. The first-order valence-electron chi connectivity index (χ1n) is 7.33. The van der Waals surface area contributed by atoms with Gasteiger partial charge in [0, 0.05) is 23.1 Å².